The molecule has 2 atom stereocenters. The second kappa shape index (κ2) is 10.00. The van der Waals surface area contributed by atoms with E-state index in [1.54, 1.807) is 13.2 Å². The Morgan fingerprint density at radius 2 is 1.65 bits per heavy atom. The Morgan fingerprint density at radius 1 is 0.898 bits per heavy atom. The number of fused-ring (bicyclic) bond motifs is 6. The number of nitrogens with one attached hydrogen (secondary N) is 2. The van der Waals surface area contributed by atoms with Crippen LogP contribution in [0.4, 0.5) is 17.6 Å². The van der Waals surface area contributed by atoms with Crippen LogP contribution in [0.1, 0.15) is 74.4 Å². The Kier molecular flexibility index (Phi) is 6.04. The molecule has 2 aliphatic carbocycles. The van der Waals surface area contributed by atoms with Crippen molar-refractivity contribution >= 4 is 23.5 Å². The molecule has 0 fully saturated rings. The number of aromatic nitrogens is 3. The Hall–Kier alpha value is -5.53. The third-order valence-corrected chi connectivity index (χ3v) is 10.4. The molecule has 5 aliphatic rings. The molecular weight excluding hydrogens is 642 g/mol. The molecule has 14 heteroatoms. The number of amidine groups is 2. The summed E-state index contributed by atoms with van der Waals surface area (Å²) in [6.45, 7) is 0.158. The van der Waals surface area contributed by atoms with Crippen LogP contribution in [0.2, 0.25) is 0 Å². The molecule has 4 aromatic rings. The van der Waals surface area contributed by atoms with Gasteiger partial charge in [-0.2, -0.15) is 18.2 Å². The molecule has 2 aromatic heterocycles. The molecule has 0 radical (unpaired) electrons. The molecule has 0 saturated heterocycles. The summed E-state index contributed by atoms with van der Waals surface area (Å²) in [6, 6.07) is 10.1. The standard InChI is InChI=1S/C35H25F4N7O3/c1-40-28-22-14-42-32-44-27(22)34(31(48)45-28)9-7-20-18(10-16(15-49-32)11-24(20)34)13-41-29-21-3-5-25(35(37,38)39)43-26(21)33(30(47)46-29)8-6-17-12-19(36)2-4-23(17)33/h2-5,10-12,14H,6-9,13,15H2,1H3,(H,40,45,48)(H,41,46,47)/t33-,34-/m1/s1. The van der Waals surface area contributed by atoms with E-state index in [0.717, 1.165) is 28.3 Å². The average molecular weight is 668 g/mol. The number of halogens is 4. The van der Waals surface area contributed by atoms with Crippen molar-refractivity contribution in [3.63, 3.8) is 0 Å². The van der Waals surface area contributed by atoms with Crippen LogP contribution in [0, 0.1) is 5.82 Å². The van der Waals surface area contributed by atoms with E-state index in [2.05, 4.69) is 30.6 Å². The number of hydrogen-bond donors (Lipinski definition) is 2. The van der Waals surface area contributed by atoms with Gasteiger partial charge >= 0.3 is 12.2 Å². The lowest BCUT2D eigenvalue weighted by atomic mass is 9.73. The molecule has 2 N–H and O–H groups in total. The first kappa shape index (κ1) is 29.6. The van der Waals surface area contributed by atoms with Crippen molar-refractivity contribution in [2.45, 2.75) is 55.8 Å². The smallest absolute Gasteiger partial charge is 0.433 e. The third kappa shape index (κ3) is 4.02. The van der Waals surface area contributed by atoms with E-state index in [0.29, 0.717) is 47.5 Å². The predicted molar refractivity (Wildman–Crippen MR) is 166 cm³/mol. The molecule has 10 nitrogen and oxygen atoms in total. The normalized spacial score (nSPS) is 24.5. The van der Waals surface area contributed by atoms with Crippen molar-refractivity contribution in [2.24, 2.45) is 9.98 Å². The first-order valence-corrected chi connectivity index (χ1v) is 15.7. The minimum atomic E-state index is -4.76. The number of amides is 2. The molecule has 9 rings (SSSR count). The molecule has 5 heterocycles. The van der Waals surface area contributed by atoms with Gasteiger partial charge in [-0.05, 0) is 83.3 Å². The molecule has 0 unspecified atom stereocenters. The molecule has 2 spiro atoms. The first-order valence-electron chi connectivity index (χ1n) is 15.7. The van der Waals surface area contributed by atoms with E-state index in [-0.39, 0.29) is 48.6 Å². The number of hydrogen-bond acceptors (Lipinski definition) is 8. The summed E-state index contributed by atoms with van der Waals surface area (Å²) in [5, 5.41) is 5.79. The molecule has 0 saturated carbocycles. The second-order valence-electron chi connectivity index (χ2n) is 12.8. The quantitative estimate of drug-likeness (QED) is 0.312. The number of ether oxygens (including phenoxy) is 1. The Balaban J connectivity index is 1.17. The zero-order valence-corrected chi connectivity index (χ0v) is 25.8. The number of rotatable bonds is 2. The predicted octanol–water partition coefficient (Wildman–Crippen LogP) is 3.97. The van der Waals surface area contributed by atoms with Gasteiger partial charge < -0.3 is 15.4 Å². The van der Waals surface area contributed by atoms with Gasteiger partial charge in [-0.25, -0.2) is 14.4 Å². The van der Waals surface area contributed by atoms with Gasteiger partial charge in [0, 0.05) is 18.8 Å². The number of aliphatic imine (C=N–C) groups is 2. The monoisotopic (exact) mass is 667 g/mol. The zero-order valence-electron chi connectivity index (χ0n) is 25.8. The highest BCUT2D eigenvalue weighted by Gasteiger charge is 2.55. The maximum Gasteiger partial charge on any atom is 0.433 e. The minimum absolute atomic E-state index is 0.0382. The topological polar surface area (TPSA) is 131 Å². The highest BCUT2D eigenvalue weighted by Crippen LogP contribution is 2.50. The molecule has 4 bridgehead atoms. The minimum Gasteiger partial charge on any atom is -0.459 e. The van der Waals surface area contributed by atoms with Crippen LogP contribution in [0.3, 0.4) is 0 Å². The van der Waals surface area contributed by atoms with E-state index in [1.165, 1.54) is 24.3 Å². The van der Waals surface area contributed by atoms with Gasteiger partial charge in [0.05, 0.1) is 23.5 Å². The van der Waals surface area contributed by atoms with Crippen LogP contribution < -0.4 is 15.4 Å². The number of aryl methyl sites for hydroxylation is 1. The van der Waals surface area contributed by atoms with Gasteiger partial charge in [0.2, 0.25) is 11.8 Å². The van der Waals surface area contributed by atoms with Gasteiger partial charge in [-0.3, -0.25) is 19.6 Å². The average Bonchev–Trinajstić information content (AvgIpc) is 3.66. The highest BCUT2D eigenvalue weighted by molar-refractivity contribution is 6.17. The molecule has 2 amide bonds. The number of carbonyl (C=O) groups excluding carboxylic acids is 2. The Bertz CT molecular complexity index is 2250. The number of nitrogens with zero attached hydrogens (tertiary/aromatic N) is 5. The molecule has 49 heavy (non-hydrogen) atoms. The fraction of sp³-hybridized carbons (Fsp3) is 0.286. The second-order valence-corrected chi connectivity index (χ2v) is 12.8. The third-order valence-electron chi connectivity index (χ3n) is 10.4. The number of alkyl halides is 3. The van der Waals surface area contributed by atoms with Gasteiger partial charge in [-0.15, -0.1) is 0 Å². The summed E-state index contributed by atoms with van der Waals surface area (Å²) in [5.74, 6) is -0.888. The van der Waals surface area contributed by atoms with Gasteiger partial charge in [-0.1, -0.05) is 18.2 Å². The summed E-state index contributed by atoms with van der Waals surface area (Å²) in [4.78, 5) is 50.0. The lowest BCUT2D eigenvalue weighted by Gasteiger charge is -2.35. The van der Waals surface area contributed by atoms with Crippen LogP contribution in [0.25, 0.3) is 0 Å². The molecule has 246 valence electrons. The molecular formula is C35H25F4N7O3. The first-order chi connectivity index (χ1) is 23.5. The van der Waals surface area contributed by atoms with Crippen LogP contribution in [-0.2, 0) is 52.6 Å². The lowest BCUT2D eigenvalue weighted by Crippen LogP contribution is -2.53. The van der Waals surface area contributed by atoms with E-state index in [1.807, 2.05) is 12.1 Å². The SMILES string of the molecule is CN=C1NC(=O)[C@]23CCc4c(CN=C5NC(=O)[C@@]6(CCc7cc(F)ccc76)c6nc(C(F)(F)F)ccc65)cc(cc42)COc2ncc1c3n2. The summed E-state index contributed by atoms with van der Waals surface area (Å²) in [5.41, 5.74) is 1.66. The van der Waals surface area contributed by atoms with Crippen LogP contribution in [0.15, 0.2) is 58.6 Å². The van der Waals surface area contributed by atoms with Crippen molar-refractivity contribution in [1.29, 1.82) is 0 Å². The van der Waals surface area contributed by atoms with Gasteiger partial charge in [0.15, 0.2) is 0 Å². The highest BCUT2D eigenvalue weighted by atomic mass is 19.4. The van der Waals surface area contributed by atoms with Crippen LogP contribution >= 0.6 is 0 Å². The van der Waals surface area contributed by atoms with E-state index in [4.69, 9.17) is 9.73 Å². The fourth-order valence-electron chi connectivity index (χ4n) is 8.21. The maximum absolute atomic E-state index is 14.1. The number of pyridine rings is 1. The van der Waals surface area contributed by atoms with Crippen LogP contribution in [0.5, 0.6) is 6.01 Å². The fourth-order valence-corrected chi connectivity index (χ4v) is 8.21. The lowest BCUT2D eigenvalue weighted by molar-refractivity contribution is -0.141. The summed E-state index contributed by atoms with van der Waals surface area (Å²) in [7, 11) is 1.58. The van der Waals surface area contributed by atoms with Crippen molar-refractivity contribution < 1.29 is 31.9 Å². The zero-order chi connectivity index (χ0) is 33.9. The Morgan fingerprint density at radius 3 is 2.45 bits per heavy atom. The van der Waals surface area contributed by atoms with Crippen molar-refractivity contribution in [2.75, 3.05) is 7.05 Å². The van der Waals surface area contributed by atoms with Gasteiger partial charge in [0.25, 0.3) is 0 Å². The van der Waals surface area contributed by atoms with E-state index >= 15 is 0 Å². The van der Waals surface area contributed by atoms with Crippen molar-refractivity contribution in [3.05, 3.63) is 116 Å². The largest absolute Gasteiger partial charge is 0.459 e. The van der Waals surface area contributed by atoms with Crippen molar-refractivity contribution in [1.82, 2.24) is 25.6 Å². The Labute approximate surface area is 275 Å². The summed E-state index contributed by atoms with van der Waals surface area (Å²) in [6.07, 6.45) is -1.78. The molecule has 2 aromatic carbocycles. The number of benzene rings is 2. The van der Waals surface area contributed by atoms with Crippen LogP contribution in [-0.4, -0.2) is 45.5 Å². The molecule has 3 aliphatic heterocycles. The summed E-state index contributed by atoms with van der Waals surface area (Å²) >= 11 is 0. The maximum atomic E-state index is 14.1. The van der Waals surface area contributed by atoms with E-state index < -0.39 is 34.4 Å². The van der Waals surface area contributed by atoms with E-state index in [9.17, 15) is 27.2 Å². The summed E-state index contributed by atoms with van der Waals surface area (Å²) < 4.78 is 62.0. The number of carbonyl (C=O) groups is 2. The van der Waals surface area contributed by atoms with Crippen molar-refractivity contribution in [3.8, 4) is 6.01 Å². The van der Waals surface area contributed by atoms with Gasteiger partial charge in [0.1, 0.15) is 40.6 Å².